The topological polar surface area (TPSA) is 39.2 Å². The van der Waals surface area contributed by atoms with Crippen LogP contribution in [0.5, 0.6) is 0 Å². The summed E-state index contributed by atoms with van der Waals surface area (Å²) >= 11 is 5.47. The van der Waals surface area contributed by atoms with Gasteiger partial charge in [0.25, 0.3) is 0 Å². The van der Waals surface area contributed by atoms with E-state index in [9.17, 15) is 4.79 Å². The Labute approximate surface area is 87.4 Å². The molecule has 0 fully saturated rings. The number of methoxy groups -OCH3 is 1. The molecule has 14 heavy (non-hydrogen) atoms. The van der Waals surface area contributed by atoms with E-state index in [2.05, 4.69) is 9.72 Å². The lowest BCUT2D eigenvalue weighted by Crippen LogP contribution is -2.03. The van der Waals surface area contributed by atoms with Crippen LogP contribution < -0.4 is 0 Å². The predicted molar refractivity (Wildman–Crippen MR) is 55.3 cm³/mol. The van der Waals surface area contributed by atoms with Gasteiger partial charge in [-0.05, 0) is 11.6 Å². The van der Waals surface area contributed by atoms with E-state index in [1.807, 2.05) is 6.08 Å². The third kappa shape index (κ3) is 2.85. The highest BCUT2D eigenvalue weighted by Gasteiger charge is 2.04. The first kappa shape index (κ1) is 10.7. The second kappa shape index (κ2) is 5.40. The lowest BCUT2D eigenvalue weighted by atomic mass is 10.2. The van der Waals surface area contributed by atoms with Crippen molar-refractivity contribution in [2.75, 3.05) is 13.0 Å². The Hall–Kier alpha value is -1.35. The number of carbonyl (C=O) groups excluding carboxylic acids is 1. The molecule has 1 aromatic rings. The molecule has 0 unspecified atom stereocenters. The number of pyridine rings is 1. The molecular formula is C10H10ClNO2. The quantitative estimate of drug-likeness (QED) is 0.568. The lowest BCUT2D eigenvalue weighted by molar-refractivity contribution is 0.0594. The maximum Gasteiger partial charge on any atom is 0.356 e. The van der Waals surface area contributed by atoms with Crippen molar-refractivity contribution in [2.45, 2.75) is 0 Å². The Kier molecular flexibility index (Phi) is 4.13. The Bertz CT molecular complexity index is 332. The van der Waals surface area contributed by atoms with E-state index < -0.39 is 5.97 Å². The van der Waals surface area contributed by atoms with Crippen molar-refractivity contribution in [1.82, 2.24) is 4.98 Å². The van der Waals surface area contributed by atoms with Gasteiger partial charge >= 0.3 is 5.97 Å². The average molecular weight is 212 g/mol. The average Bonchev–Trinajstić information content (AvgIpc) is 2.26. The molecular weight excluding hydrogens is 202 g/mol. The number of esters is 1. The van der Waals surface area contributed by atoms with Gasteiger partial charge in [0.1, 0.15) is 5.69 Å². The zero-order chi connectivity index (χ0) is 10.4. The zero-order valence-electron chi connectivity index (χ0n) is 7.74. The van der Waals surface area contributed by atoms with E-state index in [1.54, 1.807) is 24.4 Å². The van der Waals surface area contributed by atoms with Crippen molar-refractivity contribution >= 4 is 23.6 Å². The van der Waals surface area contributed by atoms with Gasteiger partial charge in [0, 0.05) is 12.1 Å². The van der Waals surface area contributed by atoms with Crippen LogP contribution in [0.25, 0.3) is 6.08 Å². The Morgan fingerprint density at radius 1 is 1.64 bits per heavy atom. The van der Waals surface area contributed by atoms with Crippen LogP contribution in [0, 0.1) is 0 Å². The molecule has 4 heteroatoms. The second-order valence-corrected chi connectivity index (χ2v) is 2.83. The van der Waals surface area contributed by atoms with E-state index >= 15 is 0 Å². The first-order valence-electron chi connectivity index (χ1n) is 4.05. The van der Waals surface area contributed by atoms with Gasteiger partial charge in [-0.2, -0.15) is 0 Å². The molecule has 1 heterocycles. The van der Waals surface area contributed by atoms with Gasteiger partial charge < -0.3 is 4.74 Å². The molecule has 74 valence electrons. The number of hydrogen-bond acceptors (Lipinski definition) is 3. The molecule has 0 saturated carbocycles. The van der Waals surface area contributed by atoms with Crippen LogP contribution >= 0.6 is 11.6 Å². The fourth-order valence-electron chi connectivity index (χ4n) is 0.910. The fourth-order valence-corrected chi connectivity index (χ4v) is 0.999. The predicted octanol–water partition coefficient (Wildman–Crippen LogP) is 2.12. The summed E-state index contributed by atoms with van der Waals surface area (Å²) in [4.78, 5) is 14.9. The van der Waals surface area contributed by atoms with Crippen molar-refractivity contribution in [3.05, 3.63) is 35.7 Å². The SMILES string of the molecule is COC(=O)c1ccc(C=CCCl)cn1. The fraction of sp³-hybridized carbons (Fsp3) is 0.200. The third-order valence-corrected chi connectivity index (χ3v) is 1.76. The maximum absolute atomic E-state index is 11.0. The normalized spacial score (nSPS) is 10.4. The molecule has 0 aliphatic heterocycles. The summed E-state index contributed by atoms with van der Waals surface area (Å²) in [5, 5.41) is 0. The summed E-state index contributed by atoms with van der Waals surface area (Å²) in [7, 11) is 1.32. The van der Waals surface area contributed by atoms with E-state index in [0.29, 0.717) is 11.6 Å². The van der Waals surface area contributed by atoms with E-state index in [4.69, 9.17) is 11.6 Å². The number of alkyl halides is 1. The number of hydrogen-bond donors (Lipinski definition) is 0. The van der Waals surface area contributed by atoms with Crippen molar-refractivity contribution in [2.24, 2.45) is 0 Å². The number of allylic oxidation sites excluding steroid dienone is 1. The van der Waals surface area contributed by atoms with Crippen molar-refractivity contribution in [3.63, 3.8) is 0 Å². The van der Waals surface area contributed by atoms with Gasteiger partial charge in [-0.15, -0.1) is 11.6 Å². The monoisotopic (exact) mass is 211 g/mol. The van der Waals surface area contributed by atoms with Gasteiger partial charge in [-0.3, -0.25) is 0 Å². The smallest absolute Gasteiger partial charge is 0.356 e. The number of ether oxygens (including phenoxy) is 1. The molecule has 0 aliphatic rings. The van der Waals surface area contributed by atoms with Crippen molar-refractivity contribution < 1.29 is 9.53 Å². The van der Waals surface area contributed by atoms with Gasteiger partial charge in [0.15, 0.2) is 0 Å². The first-order chi connectivity index (χ1) is 6.77. The third-order valence-electron chi connectivity index (χ3n) is 1.58. The van der Waals surface area contributed by atoms with Crippen LogP contribution in [-0.4, -0.2) is 23.9 Å². The van der Waals surface area contributed by atoms with E-state index in [1.165, 1.54) is 7.11 Å². The molecule has 0 atom stereocenters. The summed E-state index contributed by atoms with van der Waals surface area (Å²) < 4.78 is 4.52. The van der Waals surface area contributed by atoms with Crippen LogP contribution in [-0.2, 0) is 4.74 Å². The standard InChI is InChI=1S/C10H10ClNO2/c1-14-10(13)9-5-4-8(7-12-9)3-2-6-11/h2-5,7H,6H2,1H3. The van der Waals surface area contributed by atoms with E-state index in [0.717, 1.165) is 5.56 Å². The summed E-state index contributed by atoms with van der Waals surface area (Å²) in [5.41, 5.74) is 1.20. The summed E-state index contributed by atoms with van der Waals surface area (Å²) in [6.07, 6.45) is 5.23. The van der Waals surface area contributed by atoms with E-state index in [-0.39, 0.29) is 0 Å². The summed E-state index contributed by atoms with van der Waals surface area (Å²) in [6.45, 7) is 0. The second-order valence-electron chi connectivity index (χ2n) is 2.53. The highest BCUT2D eigenvalue weighted by Crippen LogP contribution is 2.03. The summed E-state index contributed by atoms with van der Waals surface area (Å²) in [5.74, 6) is 0.0246. The van der Waals surface area contributed by atoms with Crippen molar-refractivity contribution in [1.29, 1.82) is 0 Å². The molecule has 0 aliphatic carbocycles. The van der Waals surface area contributed by atoms with Crippen LogP contribution in [0.2, 0.25) is 0 Å². The number of aromatic nitrogens is 1. The Morgan fingerprint density at radius 2 is 2.43 bits per heavy atom. The summed E-state index contributed by atoms with van der Waals surface area (Å²) in [6, 6.07) is 3.39. The molecule has 0 radical (unpaired) electrons. The number of rotatable bonds is 3. The molecule has 0 N–H and O–H groups in total. The van der Waals surface area contributed by atoms with Crippen LogP contribution in [0.3, 0.4) is 0 Å². The molecule has 0 amide bonds. The van der Waals surface area contributed by atoms with Gasteiger partial charge in [-0.1, -0.05) is 18.2 Å². The highest BCUT2D eigenvalue weighted by atomic mass is 35.5. The Balaban J connectivity index is 2.78. The lowest BCUT2D eigenvalue weighted by Gasteiger charge is -1.97. The largest absolute Gasteiger partial charge is 0.464 e. The minimum atomic E-state index is -0.433. The number of carbonyl (C=O) groups is 1. The van der Waals surface area contributed by atoms with Gasteiger partial charge in [0.2, 0.25) is 0 Å². The van der Waals surface area contributed by atoms with Crippen LogP contribution in [0.4, 0.5) is 0 Å². The zero-order valence-corrected chi connectivity index (χ0v) is 8.49. The molecule has 0 aromatic carbocycles. The first-order valence-corrected chi connectivity index (χ1v) is 4.58. The number of halogens is 1. The van der Waals surface area contributed by atoms with Gasteiger partial charge in [-0.25, -0.2) is 9.78 Å². The molecule has 3 nitrogen and oxygen atoms in total. The molecule has 0 saturated heterocycles. The minimum Gasteiger partial charge on any atom is -0.464 e. The Morgan fingerprint density at radius 3 is 2.93 bits per heavy atom. The molecule has 0 spiro atoms. The minimum absolute atomic E-state index is 0.301. The maximum atomic E-state index is 11.0. The molecule has 1 aromatic heterocycles. The van der Waals surface area contributed by atoms with Crippen LogP contribution in [0.1, 0.15) is 16.1 Å². The molecule has 0 bridgehead atoms. The van der Waals surface area contributed by atoms with Gasteiger partial charge in [0.05, 0.1) is 7.11 Å². The number of nitrogens with zero attached hydrogens (tertiary/aromatic N) is 1. The molecule has 1 rings (SSSR count). The van der Waals surface area contributed by atoms with Crippen LogP contribution in [0.15, 0.2) is 24.4 Å². The van der Waals surface area contributed by atoms with Crippen molar-refractivity contribution in [3.8, 4) is 0 Å². The highest BCUT2D eigenvalue weighted by molar-refractivity contribution is 6.19.